The third-order valence-electron chi connectivity index (χ3n) is 1.86. The van der Waals surface area contributed by atoms with Crippen molar-refractivity contribution in [3.63, 3.8) is 0 Å². The van der Waals surface area contributed by atoms with Gasteiger partial charge in [-0.05, 0) is 13.0 Å². The van der Waals surface area contributed by atoms with Gasteiger partial charge in [0.25, 0.3) is 0 Å². The zero-order valence-electron chi connectivity index (χ0n) is 10.2. The molecule has 0 aromatic heterocycles. The maximum atomic E-state index is 7.22. The van der Waals surface area contributed by atoms with E-state index in [1.165, 1.54) is 6.21 Å². The fourth-order valence-electron chi connectivity index (χ4n) is 1.23. The normalized spacial score (nSPS) is 9.38. The van der Waals surface area contributed by atoms with E-state index in [1.807, 2.05) is 51.1 Å². The summed E-state index contributed by atoms with van der Waals surface area (Å²) in [5.41, 5.74) is 1.83. The molecule has 0 aliphatic heterocycles. The smallest absolute Gasteiger partial charge is 0.122 e. The van der Waals surface area contributed by atoms with Crippen LogP contribution in [0.1, 0.15) is 31.9 Å². The predicted octanol–water partition coefficient (Wildman–Crippen LogP) is 3.72. The van der Waals surface area contributed by atoms with Crippen molar-refractivity contribution in [3.8, 4) is 0 Å². The monoisotopic (exact) mass is 264 g/mol. The van der Waals surface area contributed by atoms with E-state index in [4.69, 9.17) is 10.1 Å². The van der Waals surface area contributed by atoms with Gasteiger partial charge in [0.15, 0.2) is 0 Å². The van der Waals surface area contributed by atoms with Gasteiger partial charge in [0.2, 0.25) is 0 Å². The molecule has 0 atom stereocenters. The topological polar surface area (TPSA) is 33.1 Å². The largest absolute Gasteiger partial charge is 0.496 e. The first-order valence-corrected chi connectivity index (χ1v) is 5.13. The molecule has 0 aliphatic rings. The Labute approximate surface area is 108 Å². The Morgan fingerprint density at radius 1 is 1.25 bits per heavy atom. The summed E-state index contributed by atoms with van der Waals surface area (Å²) in [6, 6.07) is 7.68. The maximum absolute atomic E-state index is 7.22. The molecule has 1 radical (unpaired) electrons. The van der Waals surface area contributed by atoms with Crippen LogP contribution in [-0.4, -0.2) is 13.3 Å². The Balaban J connectivity index is 0. The van der Waals surface area contributed by atoms with E-state index >= 15 is 0 Å². The first-order valence-electron chi connectivity index (χ1n) is 5.13. The van der Waals surface area contributed by atoms with Gasteiger partial charge in [0.1, 0.15) is 5.76 Å². The molecule has 0 amide bonds. The molecule has 0 saturated heterocycles. The molecule has 0 bridgehead atoms. The average molecular weight is 264 g/mol. The van der Waals surface area contributed by atoms with Gasteiger partial charge in [0, 0.05) is 34.1 Å². The van der Waals surface area contributed by atoms with Crippen LogP contribution < -0.4 is 0 Å². The number of methoxy groups -OCH3 is 1. The van der Waals surface area contributed by atoms with Crippen molar-refractivity contribution in [2.24, 2.45) is 0 Å². The molecule has 1 rings (SSSR count). The molecule has 0 unspecified atom stereocenters. The standard InChI is InChI=1S/C11H13NO.C2H6.Co/c1-3-11(13-2)10-7-5-4-6-9(10)8-12;1-2;/h3-8,12H,1-2H3;1-2H3;/b11-3+,12-8?;;. The second-order valence-electron chi connectivity index (χ2n) is 2.59. The molecule has 3 heteroatoms. The van der Waals surface area contributed by atoms with Gasteiger partial charge < -0.3 is 10.1 Å². The number of rotatable bonds is 3. The first-order chi connectivity index (χ1) is 7.33. The Kier molecular flexibility index (Phi) is 11.3. The van der Waals surface area contributed by atoms with Gasteiger partial charge in [-0.2, -0.15) is 0 Å². The summed E-state index contributed by atoms with van der Waals surface area (Å²) in [6.07, 6.45) is 3.22. The van der Waals surface area contributed by atoms with Gasteiger partial charge in [0.05, 0.1) is 7.11 Å². The van der Waals surface area contributed by atoms with Crippen molar-refractivity contribution < 1.29 is 21.5 Å². The molecule has 91 valence electrons. The van der Waals surface area contributed by atoms with Crippen LogP contribution in [0.15, 0.2) is 30.3 Å². The Morgan fingerprint density at radius 3 is 2.25 bits per heavy atom. The molecule has 0 aliphatic carbocycles. The second-order valence-corrected chi connectivity index (χ2v) is 2.59. The van der Waals surface area contributed by atoms with Crippen LogP contribution in [0, 0.1) is 5.41 Å². The summed E-state index contributed by atoms with van der Waals surface area (Å²) in [5, 5.41) is 7.22. The third-order valence-corrected chi connectivity index (χ3v) is 1.86. The minimum Gasteiger partial charge on any atom is -0.496 e. The van der Waals surface area contributed by atoms with E-state index in [1.54, 1.807) is 7.11 Å². The molecular formula is C13H19CoNO. The molecule has 1 aromatic rings. The van der Waals surface area contributed by atoms with Crippen LogP contribution in [0.3, 0.4) is 0 Å². The summed E-state index contributed by atoms with van der Waals surface area (Å²) in [6.45, 7) is 5.92. The molecule has 0 heterocycles. The fourth-order valence-corrected chi connectivity index (χ4v) is 1.23. The number of hydrogen-bond donors (Lipinski definition) is 1. The van der Waals surface area contributed by atoms with Crippen LogP contribution in [-0.2, 0) is 21.5 Å². The Bertz CT molecular complexity index is 334. The van der Waals surface area contributed by atoms with Crippen molar-refractivity contribution in [2.45, 2.75) is 20.8 Å². The van der Waals surface area contributed by atoms with Gasteiger partial charge in [-0.15, -0.1) is 0 Å². The number of benzene rings is 1. The Hall–Kier alpha value is -1.06. The van der Waals surface area contributed by atoms with E-state index in [2.05, 4.69) is 0 Å². The minimum absolute atomic E-state index is 0. The Morgan fingerprint density at radius 2 is 1.81 bits per heavy atom. The summed E-state index contributed by atoms with van der Waals surface area (Å²) in [5.74, 6) is 0.805. The maximum Gasteiger partial charge on any atom is 0.122 e. The first kappa shape index (κ1) is 17.3. The fraction of sp³-hybridized carbons (Fsp3) is 0.308. The minimum atomic E-state index is 0. The van der Waals surface area contributed by atoms with Crippen molar-refractivity contribution in [2.75, 3.05) is 7.11 Å². The van der Waals surface area contributed by atoms with Gasteiger partial charge in [-0.25, -0.2) is 0 Å². The van der Waals surface area contributed by atoms with Crippen LogP contribution in [0.2, 0.25) is 0 Å². The molecule has 0 spiro atoms. The van der Waals surface area contributed by atoms with E-state index < -0.39 is 0 Å². The summed E-state index contributed by atoms with van der Waals surface area (Å²) < 4.78 is 5.19. The van der Waals surface area contributed by atoms with Crippen molar-refractivity contribution in [1.29, 1.82) is 5.41 Å². The van der Waals surface area contributed by atoms with Gasteiger partial charge >= 0.3 is 0 Å². The van der Waals surface area contributed by atoms with Gasteiger partial charge in [-0.1, -0.05) is 38.1 Å². The van der Waals surface area contributed by atoms with Crippen molar-refractivity contribution >= 4 is 12.0 Å². The molecule has 0 fully saturated rings. The van der Waals surface area contributed by atoms with Crippen molar-refractivity contribution in [1.82, 2.24) is 0 Å². The zero-order chi connectivity index (χ0) is 11.7. The quantitative estimate of drug-likeness (QED) is 0.655. The molecule has 16 heavy (non-hydrogen) atoms. The van der Waals surface area contributed by atoms with E-state index in [-0.39, 0.29) is 16.8 Å². The predicted molar refractivity (Wildman–Crippen MR) is 66.3 cm³/mol. The zero-order valence-corrected chi connectivity index (χ0v) is 11.2. The average Bonchev–Trinajstić information content (AvgIpc) is 2.34. The van der Waals surface area contributed by atoms with E-state index in [0.29, 0.717) is 0 Å². The SMILES string of the molecule is C/C=C(/OC)c1ccccc1C=N.CC.[Co]. The molecule has 1 aromatic carbocycles. The van der Waals surface area contributed by atoms with Crippen LogP contribution in [0.4, 0.5) is 0 Å². The van der Waals surface area contributed by atoms with Crippen LogP contribution in [0.25, 0.3) is 5.76 Å². The summed E-state index contributed by atoms with van der Waals surface area (Å²) in [4.78, 5) is 0. The number of hydrogen-bond acceptors (Lipinski definition) is 2. The second kappa shape index (κ2) is 10.5. The number of nitrogens with one attached hydrogen (secondary N) is 1. The summed E-state index contributed by atoms with van der Waals surface area (Å²) in [7, 11) is 1.63. The number of allylic oxidation sites excluding steroid dienone is 1. The summed E-state index contributed by atoms with van der Waals surface area (Å²) >= 11 is 0. The van der Waals surface area contributed by atoms with Crippen LogP contribution in [0.5, 0.6) is 0 Å². The number of ether oxygens (including phenoxy) is 1. The third kappa shape index (κ3) is 4.64. The van der Waals surface area contributed by atoms with E-state index in [9.17, 15) is 0 Å². The molecule has 0 saturated carbocycles. The van der Waals surface area contributed by atoms with Crippen LogP contribution >= 0.6 is 0 Å². The molecular weight excluding hydrogens is 245 g/mol. The van der Waals surface area contributed by atoms with Gasteiger partial charge in [-0.3, -0.25) is 0 Å². The van der Waals surface area contributed by atoms with Crippen molar-refractivity contribution in [3.05, 3.63) is 41.5 Å². The molecule has 1 N–H and O–H groups in total. The molecule has 2 nitrogen and oxygen atoms in total. The van der Waals surface area contributed by atoms with E-state index in [0.717, 1.165) is 16.9 Å².